The highest BCUT2D eigenvalue weighted by molar-refractivity contribution is 9.10. The molecule has 4 bridgehead atoms. The van der Waals surface area contributed by atoms with Gasteiger partial charge in [0.1, 0.15) is 18.2 Å². The highest BCUT2D eigenvalue weighted by Gasteiger charge is 2.50. The van der Waals surface area contributed by atoms with Crippen LogP contribution in [0.1, 0.15) is 49.7 Å². The maximum Gasteiger partial charge on any atom is 0.124 e. The summed E-state index contributed by atoms with van der Waals surface area (Å²) in [6.07, 6.45) is 8.33. The van der Waals surface area contributed by atoms with Crippen LogP contribution in [0.3, 0.4) is 0 Å². The molecule has 2 aromatic rings. The summed E-state index contributed by atoms with van der Waals surface area (Å²) >= 11 is 9.76. The maximum atomic E-state index is 13.3. The first-order chi connectivity index (χ1) is 14.0. The monoisotopic (exact) mass is 477 g/mol. The Bertz CT molecular complexity index is 882. The van der Waals surface area contributed by atoms with Gasteiger partial charge in [-0.3, -0.25) is 0 Å². The molecule has 154 valence electrons. The Balaban J connectivity index is 1.29. The van der Waals surface area contributed by atoms with E-state index >= 15 is 0 Å². The van der Waals surface area contributed by atoms with Crippen LogP contribution >= 0.6 is 27.5 Å². The number of nitrogens with one attached hydrogen (secondary N) is 1. The van der Waals surface area contributed by atoms with E-state index in [0.717, 1.165) is 45.6 Å². The van der Waals surface area contributed by atoms with E-state index in [9.17, 15) is 4.39 Å². The summed E-state index contributed by atoms with van der Waals surface area (Å²) in [4.78, 5) is 0. The minimum absolute atomic E-state index is 0.314. The minimum Gasteiger partial charge on any atom is -0.489 e. The van der Waals surface area contributed by atoms with Crippen LogP contribution < -0.4 is 10.1 Å². The van der Waals surface area contributed by atoms with E-state index in [1.54, 1.807) is 6.07 Å². The molecule has 29 heavy (non-hydrogen) atoms. The summed E-state index contributed by atoms with van der Waals surface area (Å²) in [5.74, 6) is 3.29. The fourth-order valence-electron chi connectivity index (χ4n) is 6.23. The molecule has 0 unspecified atom stereocenters. The van der Waals surface area contributed by atoms with Crippen molar-refractivity contribution in [1.82, 2.24) is 5.32 Å². The molecule has 0 radical (unpaired) electrons. The Hall–Kier alpha value is -1.10. The lowest BCUT2D eigenvalue weighted by atomic mass is 9.53. The SMILES string of the molecule is Fc1ccc(COc2ccc(Br)cc2CNC23CC4CC(CC(C4)C2)C3)c(Cl)c1. The zero-order chi connectivity index (χ0) is 20.0. The molecule has 0 amide bonds. The van der Waals surface area contributed by atoms with E-state index in [0.29, 0.717) is 17.2 Å². The van der Waals surface area contributed by atoms with E-state index in [-0.39, 0.29) is 5.82 Å². The summed E-state index contributed by atoms with van der Waals surface area (Å²) in [6.45, 7) is 1.13. The number of halogens is 3. The van der Waals surface area contributed by atoms with Crippen molar-refractivity contribution >= 4 is 27.5 Å². The Kier molecular flexibility index (Phi) is 5.38. The molecule has 5 heteroatoms. The van der Waals surface area contributed by atoms with Crippen LogP contribution in [0.4, 0.5) is 4.39 Å². The predicted octanol–water partition coefficient (Wildman–Crippen LogP) is 6.88. The molecule has 6 rings (SSSR count). The Morgan fingerprint density at radius 2 is 1.69 bits per heavy atom. The van der Waals surface area contributed by atoms with E-state index in [1.807, 2.05) is 12.1 Å². The van der Waals surface area contributed by atoms with Crippen LogP contribution in [-0.4, -0.2) is 5.54 Å². The van der Waals surface area contributed by atoms with Crippen molar-refractivity contribution in [3.05, 3.63) is 62.8 Å². The van der Waals surface area contributed by atoms with E-state index in [2.05, 4.69) is 27.3 Å². The molecule has 0 aliphatic heterocycles. The average Bonchev–Trinajstić information content (AvgIpc) is 2.66. The molecule has 1 N–H and O–H groups in total. The third-order valence-corrected chi connectivity index (χ3v) is 7.96. The van der Waals surface area contributed by atoms with Crippen molar-refractivity contribution in [2.75, 3.05) is 0 Å². The van der Waals surface area contributed by atoms with Gasteiger partial charge in [0.15, 0.2) is 0 Å². The van der Waals surface area contributed by atoms with Gasteiger partial charge in [-0.15, -0.1) is 0 Å². The van der Waals surface area contributed by atoms with Gasteiger partial charge < -0.3 is 10.1 Å². The number of rotatable bonds is 6. The smallest absolute Gasteiger partial charge is 0.124 e. The second-order valence-electron chi connectivity index (χ2n) is 9.33. The lowest BCUT2D eigenvalue weighted by molar-refractivity contribution is -0.0206. The van der Waals surface area contributed by atoms with Gasteiger partial charge in [0, 0.05) is 27.7 Å². The topological polar surface area (TPSA) is 21.3 Å². The van der Waals surface area contributed by atoms with Crippen molar-refractivity contribution in [1.29, 1.82) is 0 Å². The molecule has 0 heterocycles. The van der Waals surface area contributed by atoms with Gasteiger partial charge in [-0.25, -0.2) is 4.39 Å². The number of ether oxygens (including phenoxy) is 1. The second kappa shape index (κ2) is 7.86. The summed E-state index contributed by atoms with van der Waals surface area (Å²) in [7, 11) is 0. The quantitative estimate of drug-likeness (QED) is 0.488. The van der Waals surface area contributed by atoms with Crippen molar-refractivity contribution in [2.45, 2.75) is 57.2 Å². The number of hydrogen-bond acceptors (Lipinski definition) is 2. The van der Waals surface area contributed by atoms with Crippen molar-refractivity contribution in [2.24, 2.45) is 17.8 Å². The van der Waals surface area contributed by atoms with Crippen LogP contribution in [-0.2, 0) is 13.2 Å². The van der Waals surface area contributed by atoms with Crippen molar-refractivity contribution in [3.63, 3.8) is 0 Å². The van der Waals surface area contributed by atoms with E-state index in [4.69, 9.17) is 16.3 Å². The Labute approximate surface area is 185 Å². The van der Waals surface area contributed by atoms with Gasteiger partial charge in [-0.05, 0) is 86.6 Å². The first-order valence-electron chi connectivity index (χ1n) is 10.6. The highest BCUT2D eigenvalue weighted by Crippen LogP contribution is 2.55. The first kappa shape index (κ1) is 19.8. The fraction of sp³-hybridized carbons (Fsp3) is 0.500. The van der Waals surface area contributed by atoms with Gasteiger partial charge in [-0.2, -0.15) is 0 Å². The predicted molar refractivity (Wildman–Crippen MR) is 118 cm³/mol. The summed E-state index contributed by atoms with van der Waals surface area (Å²) in [6, 6.07) is 10.6. The zero-order valence-electron chi connectivity index (χ0n) is 16.4. The van der Waals surface area contributed by atoms with Gasteiger partial charge in [0.25, 0.3) is 0 Å². The Morgan fingerprint density at radius 3 is 2.34 bits per heavy atom. The summed E-state index contributed by atoms with van der Waals surface area (Å²) < 4.78 is 20.4. The van der Waals surface area contributed by atoms with Gasteiger partial charge in [-0.1, -0.05) is 33.6 Å². The molecule has 2 nitrogen and oxygen atoms in total. The third-order valence-electron chi connectivity index (χ3n) is 7.11. The van der Waals surface area contributed by atoms with Gasteiger partial charge in [0.2, 0.25) is 0 Å². The lowest BCUT2D eigenvalue weighted by Gasteiger charge is -2.57. The van der Waals surface area contributed by atoms with Crippen LogP contribution in [0, 0.1) is 23.6 Å². The molecule has 4 aliphatic carbocycles. The normalized spacial score (nSPS) is 30.0. The van der Waals surface area contributed by atoms with Crippen LogP contribution in [0.25, 0.3) is 0 Å². The zero-order valence-corrected chi connectivity index (χ0v) is 18.7. The van der Waals surface area contributed by atoms with Crippen molar-refractivity contribution in [3.8, 4) is 5.75 Å². The summed E-state index contributed by atoms with van der Waals surface area (Å²) in [5.41, 5.74) is 2.25. The third kappa shape index (κ3) is 4.22. The van der Waals surface area contributed by atoms with Gasteiger partial charge in [0.05, 0.1) is 5.02 Å². The van der Waals surface area contributed by atoms with E-state index in [1.165, 1.54) is 50.7 Å². The molecule has 4 aliphatic rings. The molecule has 2 aromatic carbocycles. The standard InChI is InChI=1S/C24H26BrClFNO/c25-20-2-4-23(29-14-18-1-3-21(27)9-22(18)26)19(8-20)13-28-24-10-15-5-16(11-24)7-17(6-15)12-24/h1-4,8-9,15-17,28H,5-7,10-14H2. The summed E-state index contributed by atoms with van der Waals surface area (Å²) in [5, 5.41) is 4.35. The average molecular weight is 479 g/mol. The lowest BCUT2D eigenvalue weighted by Crippen LogP contribution is -2.58. The molecular formula is C24H26BrClFNO. The molecule has 0 aromatic heterocycles. The Morgan fingerprint density at radius 1 is 1.00 bits per heavy atom. The van der Waals surface area contributed by atoms with Gasteiger partial charge >= 0.3 is 0 Å². The molecule has 0 atom stereocenters. The second-order valence-corrected chi connectivity index (χ2v) is 10.7. The fourth-order valence-corrected chi connectivity index (χ4v) is 6.86. The largest absolute Gasteiger partial charge is 0.489 e. The molecular weight excluding hydrogens is 453 g/mol. The highest BCUT2D eigenvalue weighted by atomic mass is 79.9. The molecule has 0 saturated heterocycles. The number of benzene rings is 2. The van der Waals surface area contributed by atoms with Crippen LogP contribution in [0.15, 0.2) is 40.9 Å². The minimum atomic E-state index is -0.331. The van der Waals surface area contributed by atoms with Crippen LogP contribution in [0.2, 0.25) is 5.02 Å². The van der Waals surface area contributed by atoms with E-state index < -0.39 is 0 Å². The van der Waals surface area contributed by atoms with Crippen LogP contribution in [0.5, 0.6) is 5.75 Å². The first-order valence-corrected chi connectivity index (χ1v) is 11.8. The number of hydrogen-bond donors (Lipinski definition) is 1. The maximum absolute atomic E-state index is 13.3. The molecule has 4 saturated carbocycles. The molecule has 4 fully saturated rings. The van der Waals surface area contributed by atoms with Crippen molar-refractivity contribution < 1.29 is 9.13 Å². The molecule has 0 spiro atoms.